The summed E-state index contributed by atoms with van der Waals surface area (Å²) >= 11 is 0. The van der Waals surface area contributed by atoms with Crippen LogP contribution in [0.2, 0.25) is 0 Å². The Bertz CT molecular complexity index is 3890. The lowest BCUT2D eigenvalue weighted by atomic mass is 9.92. The maximum atomic E-state index is 2.47. The quantitative estimate of drug-likeness (QED) is 0.154. The smallest absolute Gasteiger partial charge is 0.0541 e. The van der Waals surface area contributed by atoms with Crippen molar-refractivity contribution in [2.45, 2.75) is 0 Å². The molecule has 0 bridgehead atoms. The molecule has 0 aliphatic carbocycles. The molecule has 0 amide bonds. The Kier molecular flexibility index (Phi) is 7.64. The minimum absolute atomic E-state index is 1.16. The molecule has 0 saturated carbocycles. The van der Waals surface area contributed by atoms with Crippen molar-refractivity contribution in [1.29, 1.82) is 0 Å². The summed E-state index contributed by atoms with van der Waals surface area (Å²) in [4.78, 5) is 0. The molecular weight excluding hydrogens is 749 g/mol. The second-order valence-corrected chi connectivity index (χ2v) is 16.5. The molecule has 0 unspecified atom stereocenters. The van der Waals surface area contributed by atoms with E-state index in [4.69, 9.17) is 0 Å². The molecule has 0 aliphatic rings. The molecule has 2 heterocycles. The predicted molar refractivity (Wildman–Crippen MR) is 264 cm³/mol. The first-order chi connectivity index (χ1) is 30.8. The highest BCUT2D eigenvalue weighted by Gasteiger charge is 2.19. The average molecular weight is 787 g/mol. The first kappa shape index (κ1) is 34.6. The lowest BCUT2D eigenvalue weighted by Gasteiger charge is -2.16. The summed E-state index contributed by atoms with van der Waals surface area (Å²) in [5, 5.41) is 12.7. The standard InChI is InChI=1S/C60H38N2/c1-2-15-39(16-3-1)40-17-14-18-44(35-40)61-57-27-12-9-24-51(57)54-36-41(30-33-59(54)61)42-31-34-60-55(37-42)52-25-10-13-28-58(52)62(60)56-26-11-8-19-45(56)43-29-32-50-48-22-5-4-20-46(48)47-21-6-7-23-49(47)53(50)38-43/h1-38H. The van der Waals surface area contributed by atoms with Gasteiger partial charge in [-0.1, -0.05) is 170 Å². The number of rotatable bonds is 5. The molecule has 2 heteroatoms. The van der Waals surface area contributed by atoms with Gasteiger partial charge >= 0.3 is 0 Å². The van der Waals surface area contributed by atoms with Crippen molar-refractivity contribution < 1.29 is 0 Å². The minimum Gasteiger partial charge on any atom is -0.309 e. The highest BCUT2D eigenvalue weighted by atomic mass is 15.0. The van der Waals surface area contributed by atoms with Crippen LogP contribution in [0.1, 0.15) is 0 Å². The molecule has 2 nitrogen and oxygen atoms in total. The molecule has 0 saturated heterocycles. The van der Waals surface area contributed by atoms with Crippen molar-refractivity contribution in [2.24, 2.45) is 0 Å². The molecule has 11 aromatic carbocycles. The number of hydrogen-bond donors (Lipinski definition) is 0. The number of benzene rings is 11. The summed E-state index contributed by atoms with van der Waals surface area (Å²) in [5.41, 5.74) is 14.3. The Morgan fingerprint density at radius 3 is 1.31 bits per heavy atom. The van der Waals surface area contributed by atoms with Crippen LogP contribution in [0, 0.1) is 0 Å². The van der Waals surface area contributed by atoms with Gasteiger partial charge in [0.15, 0.2) is 0 Å². The van der Waals surface area contributed by atoms with E-state index in [0.717, 1.165) is 5.69 Å². The van der Waals surface area contributed by atoms with Gasteiger partial charge in [0.05, 0.1) is 27.8 Å². The summed E-state index contributed by atoms with van der Waals surface area (Å²) in [6.45, 7) is 0. The lowest BCUT2D eigenvalue weighted by Crippen LogP contribution is -1.97. The van der Waals surface area contributed by atoms with E-state index in [1.165, 1.54) is 115 Å². The molecule has 13 aromatic rings. The Labute approximate surface area is 358 Å². The highest BCUT2D eigenvalue weighted by Crippen LogP contribution is 2.42. The van der Waals surface area contributed by atoms with Crippen LogP contribution >= 0.6 is 0 Å². The maximum absolute atomic E-state index is 2.47. The monoisotopic (exact) mass is 786 g/mol. The molecule has 0 N–H and O–H groups in total. The Hall–Kier alpha value is -8.20. The number of nitrogens with zero attached hydrogens (tertiary/aromatic N) is 2. The molecular formula is C60H38N2. The Morgan fingerprint density at radius 1 is 0.210 bits per heavy atom. The first-order valence-electron chi connectivity index (χ1n) is 21.4. The van der Waals surface area contributed by atoms with Crippen molar-refractivity contribution in [3.63, 3.8) is 0 Å². The molecule has 0 fully saturated rings. The third kappa shape index (κ3) is 5.23. The zero-order valence-corrected chi connectivity index (χ0v) is 33.8. The van der Waals surface area contributed by atoms with Crippen LogP contribution in [0.4, 0.5) is 0 Å². The van der Waals surface area contributed by atoms with Crippen molar-refractivity contribution in [3.05, 3.63) is 231 Å². The first-order valence-corrected chi connectivity index (χ1v) is 21.4. The van der Waals surface area contributed by atoms with Gasteiger partial charge in [-0.2, -0.15) is 0 Å². The van der Waals surface area contributed by atoms with Crippen LogP contribution in [-0.2, 0) is 0 Å². The molecule has 288 valence electrons. The van der Waals surface area contributed by atoms with Crippen LogP contribution in [0.25, 0.3) is 121 Å². The van der Waals surface area contributed by atoms with Gasteiger partial charge in [-0.25, -0.2) is 0 Å². The summed E-state index contributed by atoms with van der Waals surface area (Å²) in [7, 11) is 0. The second-order valence-electron chi connectivity index (χ2n) is 16.5. The van der Waals surface area contributed by atoms with Gasteiger partial charge in [-0.15, -0.1) is 0 Å². The zero-order valence-electron chi connectivity index (χ0n) is 33.8. The predicted octanol–water partition coefficient (Wildman–Crippen LogP) is 16.3. The average Bonchev–Trinajstić information content (AvgIpc) is 3.86. The molecule has 2 aromatic heterocycles. The molecule has 0 aliphatic heterocycles. The highest BCUT2D eigenvalue weighted by molar-refractivity contribution is 6.26. The molecule has 13 rings (SSSR count). The van der Waals surface area contributed by atoms with E-state index in [-0.39, 0.29) is 0 Å². The third-order valence-corrected chi connectivity index (χ3v) is 13.1. The van der Waals surface area contributed by atoms with Crippen molar-refractivity contribution >= 4 is 75.9 Å². The summed E-state index contributed by atoms with van der Waals surface area (Å²) < 4.78 is 4.88. The summed E-state index contributed by atoms with van der Waals surface area (Å²) in [6, 6.07) is 84.7. The molecule has 62 heavy (non-hydrogen) atoms. The minimum atomic E-state index is 1.16. The van der Waals surface area contributed by atoms with Gasteiger partial charge in [0.1, 0.15) is 0 Å². The fraction of sp³-hybridized carbons (Fsp3) is 0. The largest absolute Gasteiger partial charge is 0.309 e. The number of para-hydroxylation sites is 3. The topological polar surface area (TPSA) is 9.86 Å². The van der Waals surface area contributed by atoms with Crippen molar-refractivity contribution in [1.82, 2.24) is 9.13 Å². The third-order valence-electron chi connectivity index (χ3n) is 13.1. The summed E-state index contributed by atoms with van der Waals surface area (Å²) in [5.74, 6) is 0. The Morgan fingerprint density at radius 2 is 0.645 bits per heavy atom. The summed E-state index contributed by atoms with van der Waals surface area (Å²) in [6.07, 6.45) is 0. The maximum Gasteiger partial charge on any atom is 0.0541 e. The van der Waals surface area contributed by atoms with Crippen LogP contribution in [-0.4, -0.2) is 9.13 Å². The second kappa shape index (κ2) is 13.7. The van der Waals surface area contributed by atoms with Gasteiger partial charge in [0, 0.05) is 32.8 Å². The molecule has 0 spiro atoms. The molecule has 0 atom stereocenters. The van der Waals surface area contributed by atoms with Gasteiger partial charge in [0.2, 0.25) is 0 Å². The van der Waals surface area contributed by atoms with E-state index in [1.54, 1.807) is 0 Å². The number of hydrogen-bond acceptors (Lipinski definition) is 0. The van der Waals surface area contributed by atoms with Crippen molar-refractivity contribution in [3.8, 4) is 44.8 Å². The van der Waals surface area contributed by atoms with E-state index >= 15 is 0 Å². The van der Waals surface area contributed by atoms with E-state index in [0.29, 0.717) is 0 Å². The van der Waals surface area contributed by atoms with Gasteiger partial charge in [0.25, 0.3) is 0 Å². The van der Waals surface area contributed by atoms with Gasteiger partial charge in [-0.05, 0) is 121 Å². The Balaban J connectivity index is 0.962. The fourth-order valence-corrected chi connectivity index (χ4v) is 10.3. The van der Waals surface area contributed by atoms with E-state index in [2.05, 4.69) is 240 Å². The van der Waals surface area contributed by atoms with E-state index in [9.17, 15) is 0 Å². The molecule has 0 radical (unpaired) electrons. The normalized spacial score (nSPS) is 11.9. The van der Waals surface area contributed by atoms with Gasteiger partial charge < -0.3 is 9.13 Å². The SMILES string of the molecule is c1ccc(-c2cccc(-n3c4ccccc4c4cc(-c5ccc6c(c5)c5ccccc5n6-c5ccccc5-c5ccc6c7ccccc7c7ccccc7c6c5)ccc43)c2)cc1. The van der Waals surface area contributed by atoms with Crippen LogP contribution < -0.4 is 0 Å². The lowest BCUT2D eigenvalue weighted by molar-refractivity contribution is 1.18. The fourth-order valence-electron chi connectivity index (χ4n) is 10.3. The van der Waals surface area contributed by atoms with Crippen LogP contribution in [0.15, 0.2) is 231 Å². The number of aromatic nitrogens is 2. The van der Waals surface area contributed by atoms with E-state index in [1.807, 2.05) is 0 Å². The van der Waals surface area contributed by atoms with E-state index < -0.39 is 0 Å². The number of fused-ring (bicyclic) bond motifs is 12. The van der Waals surface area contributed by atoms with Crippen molar-refractivity contribution in [2.75, 3.05) is 0 Å². The van der Waals surface area contributed by atoms with Crippen LogP contribution in [0.5, 0.6) is 0 Å². The zero-order chi connectivity index (χ0) is 40.7. The van der Waals surface area contributed by atoms with Crippen LogP contribution in [0.3, 0.4) is 0 Å². The van der Waals surface area contributed by atoms with Gasteiger partial charge in [-0.3, -0.25) is 0 Å².